The van der Waals surface area contributed by atoms with Gasteiger partial charge in [0.2, 0.25) is 5.78 Å². The average Bonchev–Trinajstić information content (AvgIpc) is 3.37. The van der Waals surface area contributed by atoms with Gasteiger partial charge in [-0.3, -0.25) is 29.0 Å². The lowest BCUT2D eigenvalue weighted by molar-refractivity contribution is -0.155. The van der Waals surface area contributed by atoms with Gasteiger partial charge in [-0.25, -0.2) is 18.4 Å². The van der Waals surface area contributed by atoms with E-state index in [1.807, 2.05) is 0 Å². The molecular weight excluding hydrogens is 1040 g/mol. The number of hydrogen-bond donors (Lipinski definition) is 9. The van der Waals surface area contributed by atoms with Crippen molar-refractivity contribution in [1.29, 1.82) is 0 Å². The van der Waals surface area contributed by atoms with Gasteiger partial charge in [-0.2, -0.15) is 0 Å². The molecule has 0 fully saturated rings. The lowest BCUT2D eigenvalue weighted by Crippen LogP contribution is -2.46. The molecule has 0 saturated heterocycles. The van der Waals surface area contributed by atoms with E-state index in [9.17, 15) is 62.8 Å². The molecule has 4 rings (SSSR count). The molecule has 4 aromatic carbocycles. The van der Waals surface area contributed by atoms with Crippen LogP contribution in [0.5, 0.6) is 0 Å². The van der Waals surface area contributed by atoms with Gasteiger partial charge < -0.3 is 57.5 Å². The molecule has 0 aliphatic heterocycles. The smallest absolute Gasteiger partial charge is 0.396 e. The van der Waals surface area contributed by atoms with Crippen molar-refractivity contribution in [2.75, 3.05) is 33.0 Å². The highest BCUT2D eigenvalue weighted by Gasteiger charge is 2.38. The topological polar surface area (TPSA) is 342 Å². The summed E-state index contributed by atoms with van der Waals surface area (Å²) in [7, 11) is 0. The molecule has 0 heterocycles. The lowest BCUT2D eigenvalue weighted by Gasteiger charge is -2.28. The number of aliphatic carboxylic acids is 3. The van der Waals surface area contributed by atoms with Gasteiger partial charge in [-0.15, -0.1) is 0 Å². The molecule has 0 aromatic heterocycles. The van der Waals surface area contributed by atoms with Crippen LogP contribution in [-0.4, -0.2) is 118 Å². The van der Waals surface area contributed by atoms with Crippen molar-refractivity contribution in [3.05, 3.63) is 118 Å². The zero-order valence-electron chi connectivity index (χ0n) is 42.4. The fraction of sp³-hybridized carbons (Fsp3) is 0.396. The summed E-state index contributed by atoms with van der Waals surface area (Å²) in [5.74, 6) is -8.59. The standard InChI is InChI=1S/C24H26ClFO6.C23H25ClFNO6.C6H14N4O2/c1-3-32-22(29)21(28)11-16(13-24(2,14-27)23(30)31)10-15-4-6-17(7-5-15)19-12-18(25)8-9-20(19)26;1-3-32-21(29)20(28)26-17(12-23(2,13-27)22(30)31)10-14-4-6-15(7-5-14)18-11-16(24)8-9-19(18)25;7-4(5(11)12)2-1-3-10-6(8)9/h4-9,12,16,27H,3,10-11,13-14H2,1-2H3,(H,30,31);4-9,11,17,27H,3,10,12-13H2,1-2H3,(H,26,28)(H,30,31);4H,1-3,7H2,(H,11,12)(H4,8,9,10)/t16-,24-;17-,23+;/m01./s1. The molecule has 12 N–H and O–H groups in total. The minimum Gasteiger partial charge on any atom is -0.481 e. The minimum absolute atomic E-state index is 0.0129. The van der Waals surface area contributed by atoms with Crippen LogP contribution in [0.2, 0.25) is 10.0 Å². The number of esters is 2. The van der Waals surface area contributed by atoms with E-state index in [0.717, 1.165) is 5.56 Å². The normalized spacial score (nSPS) is 13.5. The van der Waals surface area contributed by atoms with E-state index < -0.39 is 95.2 Å². The zero-order valence-corrected chi connectivity index (χ0v) is 43.9. The monoisotopic (exact) mass is 1100 g/mol. The highest BCUT2D eigenvalue weighted by molar-refractivity contribution is 6.33. The van der Waals surface area contributed by atoms with Crippen LogP contribution in [0.25, 0.3) is 22.3 Å². The fourth-order valence-corrected chi connectivity index (χ4v) is 7.69. The Kier molecular flexibility index (Phi) is 27.2. The van der Waals surface area contributed by atoms with Crippen molar-refractivity contribution in [3.63, 3.8) is 0 Å². The maximum atomic E-state index is 14.1. The number of nitrogens with zero attached hydrogens (tertiary/aromatic N) is 1. The second-order valence-corrected chi connectivity index (χ2v) is 18.9. The van der Waals surface area contributed by atoms with Crippen molar-refractivity contribution in [2.45, 2.75) is 84.7 Å². The molecule has 0 bridgehead atoms. The third-order valence-electron chi connectivity index (χ3n) is 11.6. The molecule has 1 amide bonds. The summed E-state index contributed by atoms with van der Waals surface area (Å²) in [4.78, 5) is 85.0. The molecule has 5 atom stereocenters. The SMILES string of the molecule is CCOC(=O)C(=O)C[C@H](Cc1ccc(-c2cc(Cl)ccc2F)cc1)C[C@@](C)(CO)C(=O)O.CCOC(=O)C(=O)N[C@H](Cc1ccc(-c2cc(Cl)ccc2F)cc1)C[C@@](C)(CO)C(=O)O.NC(N)=NCCCC(N)C(=O)O. The number of amides is 1. The van der Waals surface area contributed by atoms with Crippen molar-refractivity contribution < 1.29 is 77.3 Å². The Morgan fingerprint density at radius 3 is 1.55 bits per heavy atom. The number of carboxylic acids is 3. The maximum absolute atomic E-state index is 14.1. The van der Waals surface area contributed by atoms with E-state index in [1.54, 1.807) is 62.4 Å². The minimum atomic E-state index is -1.53. The lowest BCUT2D eigenvalue weighted by atomic mass is 9.77. The quantitative estimate of drug-likeness (QED) is 0.0121. The van der Waals surface area contributed by atoms with Gasteiger partial charge in [0, 0.05) is 40.2 Å². The van der Waals surface area contributed by atoms with Gasteiger partial charge in [0.25, 0.3) is 0 Å². The Bertz CT molecular complexity index is 2480. The predicted molar refractivity (Wildman–Crippen MR) is 280 cm³/mol. The third kappa shape index (κ3) is 21.7. The van der Waals surface area contributed by atoms with Crippen molar-refractivity contribution in [3.8, 4) is 22.3 Å². The fourth-order valence-electron chi connectivity index (χ4n) is 7.35. The number of hydrogen-bond acceptors (Lipinski definition) is 13. The van der Waals surface area contributed by atoms with E-state index in [1.165, 1.54) is 50.2 Å². The first-order valence-corrected chi connectivity index (χ1v) is 24.5. The van der Waals surface area contributed by atoms with E-state index >= 15 is 0 Å². The number of carbonyl (C=O) groups is 7. The van der Waals surface area contributed by atoms with E-state index in [2.05, 4.69) is 15.0 Å². The molecule has 0 aliphatic carbocycles. The van der Waals surface area contributed by atoms with Crippen LogP contribution >= 0.6 is 23.2 Å². The first kappa shape index (κ1) is 65.1. The van der Waals surface area contributed by atoms with Crippen LogP contribution in [0, 0.1) is 28.4 Å². The number of aliphatic hydroxyl groups is 2. The second kappa shape index (κ2) is 31.8. The predicted octanol–water partition coefficient (Wildman–Crippen LogP) is 5.96. The highest BCUT2D eigenvalue weighted by atomic mass is 35.5. The molecule has 4 aromatic rings. The van der Waals surface area contributed by atoms with E-state index in [0.29, 0.717) is 57.2 Å². The van der Waals surface area contributed by atoms with Gasteiger partial charge in [-0.05, 0) is 131 Å². The van der Waals surface area contributed by atoms with Crippen LogP contribution in [-0.2, 0) is 55.9 Å². The summed E-state index contributed by atoms with van der Waals surface area (Å²) < 4.78 is 37.7. The van der Waals surface area contributed by atoms with Crippen LogP contribution < -0.4 is 22.5 Å². The Labute approximate surface area is 448 Å². The Hall–Kier alpha value is -7.04. The average molecular weight is 1110 g/mol. The van der Waals surface area contributed by atoms with Crippen LogP contribution in [0.3, 0.4) is 0 Å². The number of benzene rings is 4. The van der Waals surface area contributed by atoms with E-state index in [-0.39, 0.29) is 51.3 Å². The number of aliphatic hydroxyl groups excluding tert-OH is 2. The summed E-state index contributed by atoms with van der Waals surface area (Å²) in [5, 5.41) is 49.8. The first-order valence-electron chi connectivity index (χ1n) is 23.7. The van der Waals surface area contributed by atoms with Gasteiger partial charge in [0.1, 0.15) is 17.7 Å². The number of nitrogens with one attached hydrogen (secondary N) is 1. The summed E-state index contributed by atoms with van der Waals surface area (Å²) >= 11 is 11.9. The first-order chi connectivity index (χ1) is 35.7. The number of rotatable bonds is 25. The zero-order chi connectivity index (χ0) is 57.3. The number of Topliss-reactive ketones (excluding diaryl/α,β-unsaturated/α-hetero) is 1. The van der Waals surface area contributed by atoms with Gasteiger partial charge in [-0.1, -0.05) is 71.7 Å². The largest absolute Gasteiger partial charge is 0.481 e. The van der Waals surface area contributed by atoms with Crippen molar-refractivity contribution in [1.82, 2.24) is 5.32 Å². The molecule has 23 heteroatoms. The van der Waals surface area contributed by atoms with Crippen LogP contribution in [0.15, 0.2) is 89.9 Å². The molecule has 0 radical (unpaired) electrons. The summed E-state index contributed by atoms with van der Waals surface area (Å²) in [6.07, 6.45) is 1.05. The number of halogens is 4. The molecule has 0 saturated carbocycles. The van der Waals surface area contributed by atoms with Gasteiger partial charge in [0.15, 0.2) is 5.96 Å². The number of carbonyl (C=O) groups excluding carboxylic acids is 4. The molecule has 0 aliphatic rings. The summed E-state index contributed by atoms with van der Waals surface area (Å²) in [5.41, 5.74) is 15.7. The number of nitrogens with two attached hydrogens (primary N) is 3. The number of ether oxygens (including phenoxy) is 2. The Balaban J connectivity index is 0.000000429. The van der Waals surface area contributed by atoms with Crippen LogP contribution in [0.4, 0.5) is 8.78 Å². The van der Waals surface area contributed by atoms with Gasteiger partial charge in [0.05, 0.1) is 37.3 Å². The Morgan fingerprint density at radius 1 is 0.684 bits per heavy atom. The summed E-state index contributed by atoms with van der Waals surface area (Å²) in [6, 6.07) is 20.6. The second-order valence-electron chi connectivity index (χ2n) is 18.0. The third-order valence-corrected chi connectivity index (χ3v) is 12.1. The molecule has 19 nitrogen and oxygen atoms in total. The summed E-state index contributed by atoms with van der Waals surface area (Å²) in [6.45, 7) is 5.11. The highest BCUT2D eigenvalue weighted by Crippen LogP contribution is 2.33. The molecular formula is C53H65Cl2F2N5O14. The van der Waals surface area contributed by atoms with Gasteiger partial charge >= 0.3 is 35.8 Å². The molecule has 414 valence electrons. The molecule has 76 heavy (non-hydrogen) atoms. The molecule has 1 unspecified atom stereocenters. The van der Waals surface area contributed by atoms with Crippen molar-refractivity contribution >= 4 is 70.7 Å². The number of ketones is 1. The Morgan fingerprint density at radius 2 is 1.13 bits per heavy atom. The molecule has 0 spiro atoms. The maximum Gasteiger partial charge on any atom is 0.396 e. The van der Waals surface area contributed by atoms with E-state index in [4.69, 9.17) is 50.2 Å². The van der Waals surface area contributed by atoms with Crippen molar-refractivity contribution in [2.24, 2.45) is 38.9 Å². The number of guanidine groups is 1. The number of carboxylic acid groups (broad SMARTS) is 3. The number of aliphatic imine (C=N–C) groups is 1. The van der Waals surface area contributed by atoms with Crippen LogP contribution in [0.1, 0.15) is 70.9 Å².